The molecule has 1 aromatic carbocycles. The molecule has 3 nitrogen and oxygen atoms in total. The van der Waals surface area contributed by atoms with Crippen LogP contribution in [0.3, 0.4) is 0 Å². The molecule has 0 aromatic heterocycles. The van der Waals surface area contributed by atoms with E-state index < -0.39 is 0 Å². The second kappa shape index (κ2) is 5.29. The summed E-state index contributed by atoms with van der Waals surface area (Å²) < 4.78 is 5.88. The summed E-state index contributed by atoms with van der Waals surface area (Å²) in [4.78, 5) is 5.66. The molecule has 98 valence electrons. The first-order chi connectivity index (χ1) is 8.81. The van der Waals surface area contributed by atoms with Crippen molar-refractivity contribution in [1.29, 1.82) is 0 Å². The maximum absolute atomic E-state index is 5.88. The summed E-state index contributed by atoms with van der Waals surface area (Å²) in [6.45, 7) is 2.89. The Hall–Kier alpha value is -1.06. The molecule has 2 aliphatic rings. The highest BCUT2D eigenvalue weighted by molar-refractivity contribution is 5.40. The van der Waals surface area contributed by atoms with E-state index in [1.165, 1.54) is 36.8 Å². The highest BCUT2D eigenvalue weighted by atomic mass is 16.7. The Morgan fingerprint density at radius 2 is 2.17 bits per heavy atom. The normalized spacial score (nSPS) is 23.1. The van der Waals surface area contributed by atoms with Gasteiger partial charge in [-0.25, -0.2) is 0 Å². The minimum Gasteiger partial charge on any atom is -0.488 e. The van der Waals surface area contributed by atoms with E-state index in [0.29, 0.717) is 6.10 Å². The fourth-order valence-corrected chi connectivity index (χ4v) is 2.83. The molecule has 1 fully saturated rings. The Labute approximate surface area is 108 Å². The maximum atomic E-state index is 5.88. The van der Waals surface area contributed by atoms with Crippen LogP contribution in [-0.4, -0.2) is 18.8 Å². The fraction of sp³-hybridized carbons (Fsp3) is 0.600. The Morgan fingerprint density at radius 3 is 3.00 bits per heavy atom. The van der Waals surface area contributed by atoms with Gasteiger partial charge in [-0.05, 0) is 31.4 Å². The van der Waals surface area contributed by atoms with Gasteiger partial charge in [0.15, 0.2) is 0 Å². The molecular weight excluding hydrogens is 226 g/mol. The molecule has 1 heterocycles. The molecule has 1 N–H and O–H groups in total. The van der Waals surface area contributed by atoms with E-state index in [-0.39, 0.29) is 6.10 Å². The average Bonchev–Trinajstić information content (AvgIpc) is 2.97. The lowest BCUT2D eigenvalue weighted by Crippen LogP contribution is -2.32. The number of aryl methyl sites for hydroxylation is 1. The minimum absolute atomic E-state index is 0.211. The molecule has 3 heteroatoms. The zero-order chi connectivity index (χ0) is 12.4. The highest BCUT2D eigenvalue weighted by Gasteiger charge is 2.23. The van der Waals surface area contributed by atoms with Crippen LogP contribution in [0.25, 0.3) is 0 Å². The summed E-state index contributed by atoms with van der Waals surface area (Å²) in [5.74, 6) is 1.04. The number of hydrogen-bond acceptors (Lipinski definition) is 3. The van der Waals surface area contributed by atoms with Gasteiger partial charge >= 0.3 is 0 Å². The molecule has 3 rings (SSSR count). The van der Waals surface area contributed by atoms with Crippen LogP contribution < -0.4 is 10.2 Å². The van der Waals surface area contributed by atoms with Gasteiger partial charge in [0.2, 0.25) is 0 Å². The summed E-state index contributed by atoms with van der Waals surface area (Å²) >= 11 is 0. The number of fused-ring (bicyclic) bond motifs is 1. The van der Waals surface area contributed by atoms with Gasteiger partial charge in [0, 0.05) is 6.42 Å². The van der Waals surface area contributed by atoms with Crippen LogP contribution in [0, 0.1) is 6.92 Å². The number of rotatable bonds is 4. The lowest BCUT2D eigenvalue weighted by atomic mass is 10.1. The van der Waals surface area contributed by atoms with E-state index in [9.17, 15) is 0 Å². The molecule has 1 saturated carbocycles. The molecule has 0 amide bonds. The van der Waals surface area contributed by atoms with Crippen LogP contribution in [0.2, 0.25) is 0 Å². The van der Waals surface area contributed by atoms with Crippen molar-refractivity contribution < 1.29 is 9.57 Å². The second-order valence-corrected chi connectivity index (χ2v) is 5.43. The third-order valence-electron chi connectivity index (χ3n) is 3.82. The van der Waals surface area contributed by atoms with Crippen LogP contribution in [0.1, 0.15) is 36.8 Å². The third-order valence-corrected chi connectivity index (χ3v) is 3.82. The zero-order valence-electron chi connectivity index (χ0n) is 10.9. The average molecular weight is 247 g/mol. The molecule has 1 aliphatic heterocycles. The summed E-state index contributed by atoms with van der Waals surface area (Å²) in [6, 6.07) is 6.39. The summed E-state index contributed by atoms with van der Waals surface area (Å²) in [6.07, 6.45) is 6.60. The molecule has 0 saturated heterocycles. The molecule has 18 heavy (non-hydrogen) atoms. The number of hydroxylamine groups is 1. The first-order valence-corrected chi connectivity index (χ1v) is 6.96. The number of hydrogen-bond donors (Lipinski definition) is 1. The predicted molar refractivity (Wildman–Crippen MR) is 70.6 cm³/mol. The molecule has 1 aliphatic carbocycles. The smallest absolute Gasteiger partial charge is 0.123 e. The topological polar surface area (TPSA) is 30.5 Å². The first kappa shape index (κ1) is 12.0. The van der Waals surface area contributed by atoms with Crippen molar-refractivity contribution in [2.24, 2.45) is 0 Å². The Kier molecular flexibility index (Phi) is 3.52. The summed E-state index contributed by atoms with van der Waals surface area (Å²) in [5, 5.41) is 0. The van der Waals surface area contributed by atoms with Crippen molar-refractivity contribution in [1.82, 2.24) is 5.48 Å². The zero-order valence-corrected chi connectivity index (χ0v) is 10.9. The van der Waals surface area contributed by atoms with Gasteiger partial charge in [0.1, 0.15) is 11.9 Å². The first-order valence-electron chi connectivity index (χ1n) is 6.96. The van der Waals surface area contributed by atoms with Crippen molar-refractivity contribution >= 4 is 0 Å². The van der Waals surface area contributed by atoms with Gasteiger partial charge < -0.3 is 4.74 Å². The molecule has 1 aromatic rings. The fourth-order valence-electron chi connectivity index (χ4n) is 2.83. The van der Waals surface area contributed by atoms with Gasteiger partial charge in [-0.1, -0.05) is 30.5 Å². The van der Waals surface area contributed by atoms with E-state index in [4.69, 9.17) is 9.57 Å². The van der Waals surface area contributed by atoms with E-state index in [1.807, 2.05) is 0 Å². The third kappa shape index (κ3) is 2.68. The predicted octanol–water partition coefficient (Wildman–Crippen LogP) is 2.76. The van der Waals surface area contributed by atoms with Crippen molar-refractivity contribution in [2.75, 3.05) is 6.54 Å². The Balaban J connectivity index is 1.46. The quantitative estimate of drug-likeness (QED) is 0.830. The standard InChI is InChI=1S/C15H21NO2/c1-11-6-7-15-12(8-11)9-14(17-15)10-16-18-13-4-2-3-5-13/h6-8,13-14,16H,2-5,9-10H2,1H3. The van der Waals surface area contributed by atoms with Crippen LogP contribution in [0.5, 0.6) is 5.75 Å². The van der Waals surface area contributed by atoms with E-state index in [0.717, 1.165) is 18.7 Å². The number of nitrogens with one attached hydrogen (secondary N) is 1. The van der Waals surface area contributed by atoms with Gasteiger partial charge in [0.05, 0.1) is 12.6 Å². The van der Waals surface area contributed by atoms with Crippen molar-refractivity contribution in [3.05, 3.63) is 29.3 Å². The highest BCUT2D eigenvalue weighted by Crippen LogP contribution is 2.29. The molecule has 0 spiro atoms. The molecule has 1 atom stereocenters. The molecule has 0 radical (unpaired) electrons. The van der Waals surface area contributed by atoms with Crippen molar-refractivity contribution in [3.63, 3.8) is 0 Å². The molecular formula is C15H21NO2. The lowest BCUT2D eigenvalue weighted by molar-refractivity contribution is -0.0320. The van der Waals surface area contributed by atoms with E-state index in [1.54, 1.807) is 0 Å². The van der Waals surface area contributed by atoms with E-state index in [2.05, 4.69) is 30.6 Å². The number of benzene rings is 1. The van der Waals surface area contributed by atoms with Crippen LogP contribution >= 0.6 is 0 Å². The van der Waals surface area contributed by atoms with Gasteiger partial charge in [-0.2, -0.15) is 5.48 Å². The van der Waals surface area contributed by atoms with E-state index >= 15 is 0 Å². The van der Waals surface area contributed by atoms with Gasteiger partial charge in [0.25, 0.3) is 0 Å². The van der Waals surface area contributed by atoms with Gasteiger partial charge in [-0.15, -0.1) is 0 Å². The van der Waals surface area contributed by atoms with Crippen LogP contribution in [0.4, 0.5) is 0 Å². The monoisotopic (exact) mass is 247 g/mol. The SMILES string of the molecule is Cc1ccc2c(c1)CC(CNOC1CCCC1)O2. The Bertz CT molecular complexity index is 413. The Morgan fingerprint density at radius 1 is 1.33 bits per heavy atom. The second-order valence-electron chi connectivity index (χ2n) is 5.43. The van der Waals surface area contributed by atoms with Crippen molar-refractivity contribution in [2.45, 2.75) is 51.2 Å². The maximum Gasteiger partial charge on any atom is 0.123 e. The van der Waals surface area contributed by atoms with Crippen molar-refractivity contribution in [3.8, 4) is 5.75 Å². The van der Waals surface area contributed by atoms with Gasteiger partial charge in [-0.3, -0.25) is 4.84 Å². The molecule has 0 bridgehead atoms. The van der Waals surface area contributed by atoms with Crippen LogP contribution in [0.15, 0.2) is 18.2 Å². The summed E-state index contributed by atoms with van der Waals surface area (Å²) in [7, 11) is 0. The lowest BCUT2D eigenvalue weighted by Gasteiger charge is -2.15. The minimum atomic E-state index is 0.211. The largest absolute Gasteiger partial charge is 0.488 e. The number of ether oxygens (including phenoxy) is 1. The van der Waals surface area contributed by atoms with Crippen LogP contribution in [-0.2, 0) is 11.3 Å². The summed E-state index contributed by atoms with van der Waals surface area (Å²) in [5.41, 5.74) is 5.71. The molecule has 1 unspecified atom stereocenters.